The van der Waals surface area contributed by atoms with Crippen LogP contribution >= 0.6 is 0 Å². The molecule has 3 rings (SSSR count). The molecule has 1 spiro atoms. The molecule has 6 heteroatoms. The third-order valence-corrected chi connectivity index (χ3v) is 4.20. The maximum Gasteiger partial charge on any atom is 0.411 e. The number of ether oxygens (including phenoxy) is 1. The highest BCUT2D eigenvalue weighted by Gasteiger charge is 2.56. The van der Waals surface area contributed by atoms with Crippen molar-refractivity contribution in [3.8, 4) is 6.07 Å². The number of nitriles is 1. The first-order valence-corrected chi connectivity index (χ1v) is 7.26. The molecule has 22 heavy (non-hydrogen) atoms. The van der Waals surface area contributed by atoms with Crippen LogP contribution in [-0.2, 0) is 14.9 Å². The van der Waals surface area contributed by atoms with E-state index in [4.69, 9.17) is 4.74 Å². The van der Waals surface area contributed by atoms with E-state index in [0.29, 0.717) is 6.42 Å². The number of para-hydroxylation sites is 1. The summed E-state index contributed by atoms with van der Waals surface area (Å²) in [4.78, 5) is 26.1. The van der Waals surface area contributed by atoms with E-state index in [0.717, 1.165) is 11.3 Å². The summed E-state index contributed by atoms with van der Waals surface area (Å²) < 4.78 is 5.20. The maximum absolute atomic E-state index is 12.5. The molecule has 2 aliphatic rings. The van der Waals surface area contributed by atoms with Crippen molar-refractivity contribution in [3.63, 3.8) is 0 Å². The molecule has 2 amide bonds. The summed E-state index contributed by atoms with van der Waals surface area (Å²) in [6, 6.07) is 8.86. The summed E-state index contributed by atoms with van der Waals surface area (Å²) in [5.74, 6) is -0.159. The van der Waals surface area contributed by atoms with Crippen LogP contribution in [0.2, 0.25) is 0 Å². The molecule has 0 saturated carbocycles. The number of hydrogen-bond donors (Lipinski definition) is 1. The average molecular weight is 299 g/mol. The topological polar surface area (TPSA) is 82.4 Å². The second kappa shape index (κ2) is 5.02. The van der Waals surface area contributed by atoms with Gasteiger partial charge in [-0.2, -0.15) is 5.26 Å². The van der Waals surface area contributed by atoms with Crippen LogP contribution in [0.25, 0.3) is 0 Å². The van der Waals surface area contributed by atoms with Crippen LogP contribution in [0.3, 0.4) is 0 Å². The largest absolute Gasteiger partial charge is 0.447 e. The van der Waals surface area contributed by atoms with Gasteiger partial charge in [-0.15, -0.1) is 0 Å². The summed E-state index contributed by atoms with van der Waals surface area (Å²) in [6.07, 6.45) is -0.525. The number of likely N-dealkylation sites (tertiary alicyclic amines) is 1. The van der Waals surface area contributed by atoms with Gasteiger partial charge >= 0.3 is 6.09 Å². The number of carbonyl (C=O) groups excluding carboxylic acids is 2. The lowest BCUT2D eigenvalue weighted by Crippen LogP contribution is -2.40. The van der Waals surface area contributed by atoms with E-state index in [1.807, 2.05) is 24.3 Å². The molecule has 2 atom stereocenters. The summed E-state index contributed by atoms with van der Waals surface area (Å²) in [5.41, 5.74) is 0.746. The number of nitrogens with one attached hydrogen (secondary N) is 1. The first-order valence-electron chi connectivity index (χ1n) is 7.26. The standard InChI is InChI=1S/C16H17N3O3/c1-10(2)22-15(21)19-9-16(7-11(19)8-17)12-5-3-4-6-13(12)18-14(16)20/h3-6,10-11H,7,9H2,1-2H3,(H,18,20)/t11-,16-/m0/s1. The number of benzene rings is 1. The zero-order valence-electron chi connectivity index (χ0n) is 12.5. The van der Waals surface area contributed by atoms with Crippen LogP contribution in [-0.4, -0.2) is 35.6 Å². The molecule has 1 aromatic carbocycles. The Kier molecular flexibility index (Phi) is 3.28. The SMILES string of the molecule is CC(C)OC(=O)N1C[C@]2(C[C@H]1C#N)C(=O)Nc1ccccc12. The van der Waals surface area contributed by atoms with Gasteiger partial charge in [0.05, 0.1) is 17.6 Å². The smallest absolute Gasteiger partial charge is 0.411 e. The molecule has 1 fully saturated rings. The number of hydrogen-bond acceptors (Lipinski definition) is 4. The van der Waals surface area contributed by atoms with Crippen molar-refractivity contribution >= 4 is 17.7 Å². The van der Waals surface area contributed by atoms with Crippen LogP contribution in [0, 0.1) is 11.3 Å². The summed E-state index contributed by atoms with van der Waals surface area (Å²) in [6.45, 7) is 3.67. The van der Waals surface area contributed by atoms with E-state index < -0.39 is 17.6 Å². The fraction of sp³-hybridized carbons (Fsp3) is 0.438. The highest BCUT2D eigenvalue weighted by Crippen LogP contribution is 2.46. The van der Waals surface area contributed by atoms with Gasteiger partial charge < -0.3 is 10.1 Å². The van der Waals surface area contributed by atoms with Gasteiger partial charge in [0.25, 0.3) is 0 Å². The zero-order valence-corrected chi connectivity index (χ0v) is 12.5. The molecule has 2 heterocycles. The molecule has 0 radical (unpaired) electrons. The minimum atomic E-state index is -0.854. The molecule has 1 saturated heterocycles. The fourth-order valence-corrected chi connectivity index (χ4v) is 3.22. The van der Waals surface area contributed by atoms with Gasteiger partial charge in [-0.25, -0.2) is 4.79 Å². The summed E-state index contributed by atoms with van der Waals surface area (Å²) in [5, 5.41) is 12.2. The number of anilines is 1. The van der Waals surface area contributed by atoms with Gasteiger partial charge in [0, 0.05) is 18.7 Å². The Morgan fingerprint density at radius 2 is 2.23 bits per heavy atom. The number of carbonyl (C=O) groups is 2. The summed E-state index contributed by atoms with van der Waals surface area (Å²) in [7, 11) is 0. The molecule has 114 valence electrons. The molecular formula is C16H17N3O3. The predicted octanol–water partition coefficient (Wildman–Crippen LogP) is 2.02. The maximum atomic E-state index is 12.5. The Balaban J connectivity index is 1.96. The van der Waals surface area contributed by atoms with Crippen molar-refractivity contribution in [2.75, 3.05) is 11.9 Å². The van der Waals surface area contributed by atoms with E-state index in [2.05, 4.69) is 11.4 Å². The predicted molar refractivity (Wildman–Crippen MR) is 79.1 cm³/mol. The van der Waals surface area contributed by atoms with E-state index in [1.165, 1.54) is 4.90 Å². The highest BCUT2D eigenvalue weighted by molar-refractivity contribution is 6.07. The molecule has 0 aliphatic carbocycles. The highest BCUT2D eigenvalue weighted by atomic mass is 16.6. The van der Waals surface area contributed by atoms with Crippen molar-refractivity contribution in [2.45, 2.75) is 37.8 Å². The normalized spacial score (nSPS) is 26.0. The van der Waals surface area contributed by atoms with E-state index in [1.54, 1.807) is 13.8 Å². The average Bonchev–Trinajstić information content (AvgIpc) is 2.99. The van der Waals surface area contributed by atoms with Crippen molar-refractivity contribution in [2.24, 2.45) is 0 Å². The Morgan fingerprint density at radius 3 is 2.91 bits per heavy atom. The molecule has 1 aromatic rings. The van der Waals surface area contributed by atoms with Gasteiger partial charge in [0.1, 0.15) is 6.04 Å². The molecule has 2 aliphatic heterocycles. The van der Waals surface area contributed by atoms with Crippen molar-refractivity contribution in [1.82, 2.24) is 4.90 Å². The third-order valence-electron chi connectivity index (χ3n) is 4.20. The van der Waals surface area contributed by atoms with Gasteiger partial charge in [0.2, 0.25) is 5.91 Å². The number of fused-ring (bicyclic) bond motifs is 2. The first kappa shape index (κ1) is 14.4. The Bertz CT molecular complexity index is 679. The van der Waals surface area contributed by atoms with Crippen LogP contribution in [0.4, 0.5) is 10.5 Å². The lowest BCUT2D eigenvalue weighted by atomic mass is 9.80. The lowest BCUT2D eigenvalue weighted by molar-refractivity contribution is -0.120. The third kappa shape index (κ3) is 2.01. The van der Waals surface area contributed by atoms with Crippen molar-refractivity contribution in [3.05, 3.63) is 29.8 Å². The molecule has 0 unspecified atom stereocenters. The zero-order chi connectivity index (χ0) is 15.9. The van der Waals surface area contributed by atoms with Crippen molar-refractivity contribution < 1.29 is 14.3 Å². The summed E-state index contributed by atoms with van der Waals surface area (Å²) >= 11 is 0. The number of amides is 2. The minimum Gasteiger partial charge on any atom is -0.447 e. The molecule has 6 nitrogen and oxygen atoms in total. The van der Waals surface area contributed by atoms with Gasteiger partial charge in [-0.05, 0) is 25.5 Å². The Labute approximate surface area is 128 Å². The minimum absolute atomic E-state index is 0.159. The fourth-order valence-electron chi connectivity index (χ4n) is 3.22. The van der Waals surface area contributed by atoms with Gasteiger partial charge in [-0.3, -0.25) is 9.69 Å². The van der Waals surface area contributed by atoms with Crippen LogP contribution < -0.4 is 5.32 Å². The Morgan fingerprint density at radius 1 is 1.50 bits per heavy atom. The molecular weight excluding hydrogens is 282 g/mol. The second-order valence-corrected chi connectivity index (χ2v) is 5.99. The number of nitrogens with zero attached hydrogens (tertiary/aromatic N) is 2. The number of rotatable bonds is 1. The second-order valence-electron chi connectivity index (χ2n) is 5.99. The molecule has 1 N–H and O–H groups in total. The van der Waals surface area contributed by atoms with E-state index in [9.17, 15) is 14.9 Å². The molecule has 0 bridgehead atoms. The van der Waals surface area contributed by atoms with Crippen LogP contribution in [0.5, 0.6) is 0 Å². The Hall–Kier alpha value is -2.55. The van der Waals surface area contributed by atoms with Crippen LogP contribution in [0.1, 0.15) is 25.8 Å². The molecule has 0 aromatic heterocycles. The van der Waals surface area contributed by atoms with Crippen LogP contribution in [0.15, 0.2) is 24.3 Å². The van der Waals surface area contributed by atoms with E-state index >= 15 is 0 Å². The first-order chi connectivity index (χ1) is 10.5. The quantitative estimate of drug-likeness (QED) is 0.860. The van der Waals surface area contributed by atoms with Gasteiger partial charge in [0.15, 0.2) is 0 Å². The lowest BCUT2D eigenvalue weighted by Gasteiger charge is -2.23. The van der Waals surface area contributed by atoms with E-state index in [-0.39, 0.29) is 18.6 Å². The monoisotopic (exact) mass is 299 g/mol. The van der Waals surface area contributed by atoms with Gasteiger partial charge in [-0.1, -0.05) is 18.2 Å². The van der Waals surface area contributed by atoms with Crippen molar-refractivity contribution in [1.29, 1.82) is 5.26 Å².